The van der Waals surface area contributed by atoms with Gasteiger partial charge in [-0.25, -0.2) is 4.98 Å². The first-order valence-electron chi connectivity index (χ1n) is 6.94. The Morgan fingerprint density at radius 3 is 2.90 bits per heavy atom. The van der Waals surface area contributed by atoms with Crippen LogP contribution in [0.4, 0.5) is 5.95 Å². The molecular weight excluding hydrogens is 290 g/mol. The molecule has 1 aliphatic rings. The maximum atomic E-state index is 6.41. The second kappa shape index (κ2) is 5.52. The van der Waals surface area contributed by atoms with Gasteiger partial charge in [0.1, 0.15) is 5.15 Å². The van der Waals surface area contributed by atoms with Crippen LogP contribution in [0.1, 0.15) is 30.1 Å². The molecule has 1 aliphatic heterocycles. The molecule has 2 aromatic heterocycles. The number of nitrogens with zero attached hydrogens (tertiary/aromatic N) is 5. The molecule has 3 rings (SSSR count). The smallest absolute Gasteiger partial charge is 0.229 e. The van der Waals surface area contributed by atoms with Gasteiger partial charge in [-0.15, -0.1) is 0 Å². The predicted molar refractivity (Wildman–Crippen MR) is 80.9 cm³/mol. The lowest BCUT2D eigenvalue weighted by atomic mass is 10.1. The van der Waals surface area contributed by atoms with Crippen molar-refractivity contribution < 1.29 is 4.74 Å². The summed E-state index contributed by atoms with van der Waals surface area (Å²) in [6, 6.07) is 1.91. The molecular formula is C14H18ClN5O. The van der Waals surface area contributed by atoms with E-state index in [1.54, 1.807) is 24.1 Å². The minimum absolute atomic E-state index is 0.165. The zero-order chi connectivity index (χ0) is 15.0. The molecule has 112 valence electrons. The number of hydrogen-bond donors (Lipinski definition) is 0. The molecule has 1 fully saturated rings. The number of halogens is 1. The summed E-state index contributed by atoms with van der Waals surface area (Å²) < 4.78 is 6.90. The standard InChI is InChI=1S/C14H18ClN5O/c1-9-12(13(15)19(2)18-9)10-5-4-8-20(10)14-16-7-6-11(17-14)21-3/h6-7,10H,4-5,8H2,1-3H3. The van der Waals surface area contributed by atoms with Gasteiger partial charge >= 0.3 is 0 Å². The summed E-state index contributed by atoms with van der Waals surface area (Å²) in [5, 5.41) is 5.10. The Labute approximate surface area is 128 Å². The summed E-state index contributed by atoms with van der Waals surface area (Å²) in [6.07, 6.45) is 3.82. The number of aryl methyl sites for hydroxylation is 2. The summed E-state index contributed by atoms with van der Waals surface area (Å²) in [6.45, 7) is 2.90. The van der Waals surface area contributed by atoms with Gasteiger partial charge in [-0.3, -0.25) is 4.68 Å². The van der Waals surface area contributed by atoms with Gasteiger partial charge in [-0.1, -0.05) is 11.6 Å². The normalized spacial score (nSPS) is 18.3. The number of hydrogen-bond acceptors (Lipinski definition) is 5. The first-order valence-corrected chi connectivity index (χ1v) is 7.32. The average Bonchev–Trinajstić information content (AvgIpc) is 3.04. The minimum Gasteiger partial charge on any atom is -0.481 e. The van der Waals surface area contributed by atoms with E-state index in [1.165, 1.54) is 0 Å². The lowest BCUT2D eigenvalue weighted by molar-refractivity contribution is 0.396. The fraction of sp³-hybridized carbons (Fsp3) is 0.500. The van der Waals surface area contributed by atoms with Crippen LogP contribution in [0.15, 0.2) is 12.3 Å². The molecule has 6 nitrogen and oxygen atoms in total. The van der Waals surface area contributed by atoms with E-state index >= 15 is 0 Å². The van der Waals surface area contributed by atoms with Crippen molar-refractivity contribution in [2.24, 2.45) is 7.05 Å². The molecule has 2 aromatic rings. The quantitative estimate of drug-likeness (QED) is 0.872. The van der Waals surface area contributed by atoms with Crippen molar-refractivity contribution in [1.82, 2.24) is 19.7 Å². The molecule has 1 unspecified atom stereocenters. The number of methoxy groups -OCH3 is 1. The second-order valence-corrected chi connectivity index (χ2v) is 5.52. The van der Waals surface area contributed by atoms with E-state index < -0.39 is 0 Å². The third-order valence-electron chi connectivity index (χ3n) is 3.87. The van der Waals surface area contributed by atoms with E-state index in [-0.39, 0.29) is 6.04 Å². The lowest BCUT2D eigenvalue weighted by Gasteiger charge is -2.24. The Kier molecular flexibility index (Phi) is 3.71. The Balaban J connectivity index is 1.99. The van der Waals surface area contributed by atoms with E-state index in [9.17, 15) is 0 Å². The summed E-state index contributed by atoms with van der Waals surface area (Å²) in [4.78, 5) is 11.0. The van der Waals surface area contributed by atoms with E-state index in [4.69, 9.17) is 16.3 Å². The van der Waals surface area contributed by atoms with Crippen molar-refractivity contribution in [3.05, 3.63) is 28.7 Å². The van der Waals surface area contributed by atoms with Crippen molar-refractivity contribution in [3.63, 3.8) is 0 Å². The van der Waals surface area contributed by atoms with E-state index in [0.717, 1.165) is 30.6 Å². The number of aromatic nitrogens is 4. The molecule has 0 spiro atoms. The third-order valence-corrected chi connectivity index (χ3v) is 4.31. The molecule has 1 atom stereocenters. The SMILES string of the molecule is COc1ccnc(N2CCCC2c2c(C)nn(C)c2Cl)n1. The molecule has 0 radical (unpaired) electrons. The lowest BCUT2D eigenvalue weighted by Crippen LogP contribution is -2.25. The van der Waals surface area contributed by atoms with Crippen molar-refractivity contribution in [3.8, 4) is 5.88 Å². The van der Waals surface area contributed by atoms with Crippen LogP contribution >= 0.6 is 11.6 Å². The van der Waals surface area contributed by atoms with Crippen LogP contribution in [-0.2, 0) is 7.05 Å². The molecule has 0 aliphatic carbocycles. The summed E-state index contributed by atoms with van der Waals surface area (Å²) in [7, 11) is 3.47. The van der Waals surface area contributed by atoms with Crippen LogP contribution in [0.25, 0.3) is 0 Å². The van der Waals surface area contributed by atoms with Crippen molar-refractivity contribution in [2.75, 3.05) is 18.6 Å². The topological polar surface area (TPSA) is 56.1 Å². The van der Waals surface area contributed by atoms with Gasteiger partial charge < -0.3 is 9.64 Å². The van der Waals surface area contributed by atoms with Crippen molar-refractivity contribution in [2.45, 2.75) is 25.8 Å². The Bertz CT molecular complexity index is 657. The van der Waals surface area contributed by atoms with E-state index in [2.05, 4.69) is 20.0 Å². The maximum absolute atomic E-state index is 6.41. The van der Waals surface area contributed by atoms with Crippen LogP contribution in [0.2, 0.25) is 5.15 Å². The van der Waals surface area contributed by atoms with Gasteiger partial charge in [0.2, 0.25) is 11.8 Å². The van der Waals surface area contributed by atoms with Crippen molar-refractivity contribution in [1.29, 1.82) is 0 Å². The zero-order valence-corrected chi connectivity index (χ0v) is 13.1. The van der Waals surface area contributed by atoms with Gasteiger partial charge in [0.25, 0.3) is 0 Å². The third kappa shape index (κ3) is 2.44. The Hall–Kier alpha value is -1.82. The van der Waals surface area contributed by atoms with Gasteiger partial charge in [0, 0.05) is 31.4 Å². The molecule has 0 amide bonds. The number of anilines is 1. The summed E-state index contributed by atoms with van der Waals surface area (Å²) in [5.41, 5.74) is 2.03. The first kappa shape index (κ1) is 14.1. The fourth-order valence-electron chi connectivity index (χ4n) is 2.92. The fourth-order valence-corrected chi connectivity index (χ4v) is 3.22. The van der Waals surface area contributed by atoms with Crippen LogP contribution < -0.4 is 9.64 Å². The highest BCUT2D eigenvalue weighted by Crippen LogP contribution is 2.39. The van der Waals surface area contributed by atoms with E-state index in [0.29, 0.717) is 17.0 Å². The molecule has 0 N–H and O–H groups in total. The molecule has 1 saturated heterocycles. The molecule has 3 heterocycles. The summed E-state index contributed by atoms with van der Waals surface area (Å²) in [5.74, 6) is 1.25. The molecule has 0 bridgehead atoms. The van der Waals surface area contributed by atoms with Crippen LogP contribution in [0.5, 0.6) is 5.88 Å². The number of ether oxygens (including phenoxy) is 1. The summed E-state index contributed by atoms with van der Waals surface area (Å²) >= 11 is 6.41. The maximum Gasteiger partial charge on any atom is 0.229 e. The predicted octanol–water partition coefficient (Wildman–Crippen LogP) is 2.52. The highest BCUT2D eigenvalue weighted by atomic mass is 35.5. The minimum atomic E-state index is 0.165. The number of rotatable bonds is 3. The van der Waals surface area contributed by atoms with Gasteiger partial charge in [0.15, 0.2) is 0 Å². The zero-order valence-electron chi connectivity index (χ0n) is 12.4. The highest BCUT2D eigenvalue weighted by molar-refractivity contribution is 6.30. The molecule has 21 heavy (non-hydrogen) atoms. The Morgan fingerprint density at radius 1 is 1.43 bits per heavy atom. The largest absolute Gasteiger partial charge is 0.481 e. The molecule has 7 heteroatoms. The van der Waals surface area contributed by atoms with E-state index in [1.807, 2.05) is 14.0 Å². The Morgan fingerprint density at radius 2 is 2.24 bits per heavy atom. The molecule has 0 aromatic carbocycles. The average molecular weight is 308 g/mol. The van der Waals surface area contributed by atoms with Gasteiger partial charge in [-0.2, -0.15) is 10.1 Å². The van der Waals surface area contributed by atoms with Gasteiger partial charge in [0.05, 0.1) is 18.8 Å². The second-order valence-electron chi connectivity index (χ2n) is 5.16. The van der Waals surface area contributed by atoms with Crippen LogP contribution in [0, 0.1) is 6.92 Å². The monoisotopic (exact) mass is 307 g/mol. The van der Waals surface area contributed by atoms with Crippen molar-refractivity contribution >= 4 is 17.5 Å². The van der Waals surface area contributed by atoms with Gasteiger partial charge in [-0.05, 0) is 19.8 Å². The first-order chi connectivity index (χ1) is 10.1. The molecule has 0 saturated carbocycles. The van der Waals surface area contributed by atoms with Crippen LogP contribution in [0.3, 0.4) is 0 Å². The van der Waals surface area contributed by atoms with Crippen LogP contribution in [-0.4, -0.2) is 33.4 Å². The highest BCUT2D eigenvalue weighted by Gasteiger charge is 2.32.